The highest BCUT2D eigenvalue weighted by Gasteiger charge is 2.24. The molecule has 0 spiro atoms. The van der Waals surface area contributed by atoms with Gasteiger partial charge in [-0.15, -0.1) is 0 Å². The predicted octanol–water partition coefficient (Wildman–Crippen LogP) is 3.72. The maximum atomic E-state index is 12.9. The minimum atomic E-state index is -0.269. The average molecular weight is 456 g/mol. The average Bonchev–Trinajstić information content (AvgIpc) is 2.77. The zero-order valence-electron chi connectivity index (χ0n) is 16.4. The van der Waals surface area contributed by atoms with Gasteiger partial charge in [-0.05, 0) is 40.2 Å². The number of piperazine rings is 1. The molecule has 1 fully saturated rings. The van der Waals surface area contributed by atoms with E-state index in [1.54, 1.807) is 30.2 Å². The number of halogens is 1. The summed E-state index contributed by atoms with van der Waals surface area (Å²) in [6.07, 6.45) is 1.56. The van der Waals surface area contributed by atoms with Crippen molar-refractivity contribution in [2.75, 3.05) is 45.3 Å². The van der Waals surface area contributed by atoms with E-state index in [4.69, 9.17) is 9.47 Å². The summed E-state index contributed by atoms with van der Waals surface area (Å²) in [7, 11) is 3.10. The number of nitrogens with zero attached hydrogens (tertiary/aromatic N) is 3. The molecule has 1 amide bonds. The Morgan fingerprint density at radius 3 is 2.31 bits per heavy atom. The summed E-state index contributed by atoms with van der Waals surface area (Å²) >= 11 is 3.43. The Labute approximate surface area is 179 Å². The maximum absolute atomic E-state index is 12.9. The molecule has 0 N–H and O–H groups in total. The summed E-state index contributed by atoms with van der Waals surface area (Å²) in [4.78, 5) is 16.9. The lowest BCUT2D eigenvalue weighted by atomic mass is 10.1. The molecule has 29 heavy (non-hydrogen) atoms. The number of rotatable bonds is 5. The first-order chi connectivity index (χ1) is 14.1. The van der Waals surface area contributed by atoms with Gasteiger partial charge in [0.15, 0.2) is 0 Å². The largest absolute Gasteiger partial charge is 0.496 e. The zero-order chi connectivity index (χ0) is 20.8. The number of amides is 1. The van der Waals surface area contributed by atoms with Crippen molar-refractivity contribution in [3.63, 3.8) is 0 Å². The van der Waals surface area contributed by atoms with Crippen LogP contribution in [-0.2, 0) is 4.79 Å². The van der Waals surface area contributed by atoms with Crippen LogP contribution in [0.15, 0.2) is 52.5 Å². The van der Waals surface area contributed by atoms with Crippen LogP contribution in [0.5, 0.6) is 11.5 Å². The molecule has 0 atom stereocenters. The van der Waals surface area contributed by atoms with Crippen molar-refractivity contribution in [3.8, 4) is 17.6 Å². The van der Waals surface area contributed by atoms with Gasteiger partial charge in [-0.25, -0.2) is 0 Å². The van der Waals surface area contributed by atoms with Crippen LogP contribution >= 0.6 is 15.9 Å². The number of benzene rings is 2. The standard InChI is InChI=1S/C22H22BrN3O3/c1-28-20-14-21(29-2)19(23)13-16(20)12-17(15-24)22(27)26-10-8-25(9-11-26)18-6-4-3-5-7-18/h3-7,12-14H,8-11H2,1-2H3/b17-12-. The molecule has 0 aliphatic carbocycles. The third-order valence-corrected chi connectivity index (χ3v) is 5.46. The number of hydrogen-bond acceptors (Lipinski definition) is 5. The van der Waals surface area contributed by atoms with Gasteiger partial charge in [-0.2, -0.15) is 5.26 Å². The van der Waals surface area contributed by atoms with Crippen molar-refractivity contribution < 1.29 is 14.3 Å². The molecule has 0 unspecified atom stereocenters. The predicted molar refractivity (Wildman–Crippen MR) is 116 cm³/mol. The van der Waals surface area contributed by atoms with Crippen LogP contribution in [0, 0.1) is 11.3 Å². The molecule has 6 nitrogen and oxygen atoms in total. The fourth-order valence-corrected chi connectivity index (χ4v) is 3.79. The van der Waals surface area contributed by atoms with Crippen LogP contribution in [0.25, 0.3) is 6.08 Å². The van der Waals surface area contributed by atoms with Crippen molar-refractivity contribution in [1.29, 1.82) is 5.26 Å². The first-order valence-electron chi connectivity index (χ1n) is 9.20. The number of carbonyl (C=O) groups excluding carboxylic acids is 1. The Hall–Kier alpha value is -2.98. The van der Waals surface area contributed by atoms with Crippen LogP contribution in [0.1, 0.15) is 5.56 Å². The summed E-state index contributed by atoms with van der Waals surface area (Å²) in [6.45, 7) is 2.59. The Bertz CT molecular complexity index is 946. The molecule has 0 radical (unpaired) electrons. The zero-order valence-corrected chi connectivity index (χ0v) is 18.0. The molecule has 0 aromatic heterocycles. The number of hydrogen-bond donors (Lipinski definition) is 0. The highest BCUT2D eigenvalue weighted by molar-refractivity contribution is 9.10. The van der Waals surface area contributed by atoms with E-state index >= 15 is 0 Å². The quantitative estimate of drug-likeness (QED) is 0.507. The molecule has 0 saturated carbocycles. The van der Waals surface area contributed by atoms with Crippen LogP contribution in [0.3, 0.4) is 0 Å². The minimum Gasteiger partial charge on any atom is -0.496 e. The number of carbonyl (C=O) groups is 1. The normalized spacial score (nSPS) is 14.3. The Morgan fingerprint density at radius 2 is 1.72 bits per heavy atom. The molecular formula is C22H22BrN3O3. The van der Waals surface area contributed by atoms with Crippen LogP contribution in [0.2, 0.25) is 0 Å². The lowest BCUT2D eigenvalue weighted by Gasteiger charge is -2.36. The van der Waals surface area contributed by atoms with Crippen LogP contribution in [-0.4, -0.2) is 51.2 Å². The molecule has 1 saturated heterocycles. The summed E-state index contributed by atoms with van der Waals surface area (Å²) in [5, 5.41) is 9.60. The van der Waals surface area contributed by atoms with E-state index in [0.29, 0.717) is 34.6 Å². The molecule has 0 bridgehead atoms. The fourth-order valence-electron chi connectivity index (χ4n) is 3.27. The number of methoxy groups -OCH3 is 2. The third kappa shape index (κ3) is 4.72. The lowest BCUT2D eigenvalue weighted by molar-refractivity contribution is -0.126. The number of nitriles is 1. The monoisotopic (exact) mass is 455 g/mol. The molecule has 2 aromatic rings. The van der Waals surface area contributed by atoms with Gasteiger partial charge in [0.1, 0.15) is 23.1 Å². The van der Waals surface area contributed by atoms with Crippen molar-refractivity contribution >= 4 is 33.6 Å². The van der Waals surface area contributed by atoms with Crippen molar-refractivity contribution in [3.05, 3.63) is 58.1 Å². The van der Waals surface area contributed by atoms with Crippen molar-refractivity contribution in [2.45, 2.75) is 0 Å². The van der Waals surface area contributed by atoms with E-state index in [1.807, 2.05) is 24.3 Å². The fraction of sp³-hybridized carbons (Fsp3) is 0.273. The number of para-hydroxylation sites is 1. The molecule has 150 valence electrons. The first kappa shape index (κ1) is 20.7. The second-order valence-electron chi connectivity index (χ2n) is 6.51. The molecule has 7 heteroatoms. The summed E-state index contributed by atoms with van der Waals surface area (Å²) in [6, 6.07) is 15.6. The Balaban J connectivity index is 1.76. The molecule has 1 heterocycles. The van der Waals surface area contributed by atoms with E-state index in [1.165, 1.54) is 7.11 Å². The van der Waals surface area contributed by atoms with Gasteiger partial charge in [-0.3, -0.25) is 4.79 Å². The number of ether oxygens (including phenoxy) is 2. The second kappa shape index (κ2) is 9.48. The maximum Gasteiger partial charge on any atom is 0.264 e. The van der Waals surface area contributed by atoms with Crippen molar-refractivity contribution in [1.82, 2.24) is 4.90 Å². The lowest BCUT2D eigenvalue weighted by Crippen LogP contribution is -2.49. The highest BCUT2D eigenvalue weighted by atomic mass is 79.9. The molecule has 2 aromatic carbocycles. The van der Waals surface area contributed by atoms with E-state index in [9.17, 15) is 10.1 Å². The topological polar surface area (TPSA) is 65.8 Å². The SMILES string of the molecule is COc1cc(OC)c(/C=C(/C#N)C(=O)N2CCN(c3ccccc3)CC2)cc1Br. The molecule has 1 aliphatic rings. The molecular weight excluding hydrogens is 434 g/mol. The second-order valence-corrected chi connectivity index (χ2v) is 7.37. The highest BCUT2D eigenvalue weighted by Crippen LogP contribution is 2.34. The number of anilines is 1. The Kier molecular flexibility index (Phi) is 6.78. The van der Waals surface area contributed by atoms with Gasteiger partial charge in [0.2, 0.25) is 0 Å². The minimum absolute atomic E-state index is 0.0773. The first-order valence-corrected chi connectivity index (χ1v) is 9.99. The van der Waals surface area contributed by atoms with E-state index in [-0.39, 0.29) is 11.5 Å². The van der Waals surface area contributed by atoms with Gasteiger partial charge >= 0.3 is 0 Å². The van der Waals surface area contributed by atoms with Gasteiger partial charge in [-0.1, -0.05) is 18.2 Å². The molecule has 1 aliphatic heterocycles. The van der Waals surface area contributed by atoms with E-state index < -0.39 is 0 Å². The van der Waals surface area contributed by atoms with Gasteiger partial charge in [0, 0.05) is 43.5 Å². The van der Waals surface area contributed by atoms with E-state index in [2.05, 4.69) is 33.0 Å². The van der Waals surface area contributed by atoms with Gasteiger partial charge < -0.3 is 19.3 Å². The summed E-state index contributed by atoms with van der Waals surface area (Å²) < 4.78 is 11.4. The third-order valence-electron chi connectivity index (χ3n) is 4.84. The smallest absolute Gasteiger partial charge is 0.264 e. The van der Waals surface area contributed by atoms with E-state index in [0.717, 1.165) is 18.8 Å². The van der Waals surface area contributed by atoms with Crippen LogP contribution in [0.4, 0.5) is 5.69 Å². The van der Waals surface area contributed by atoms with Crippen molar-refractivity contribution in [2.24, 2.45) is 0 Å². The summed E-state index contributed by atoms with van der Waals surface area (Å²) in [5.41, 5.74) is 1.85. The summed E-state index contributed by atoms with van der Waals surface area (Å²) in [5.74, 6) is 0.870. The Morgan fingerprint density at radius 1 is 1.07 bits per heavy atom. The molecule has 3 rings (SSSR count). The van der Waals surface area contributed by atoms with Crippen LogP contribution < -0.4 is 14.4 Å². The van der Waals surface area contributed by atoms with Gasteiger partial charge in [0.25, 0.3) is 5.91 Å². The van der Waals surface area contributed by atoms with Gasteiger partial charge in [0.05, 0.1) is 18.7 Å².